The van der Waals surface area contributed by atoms with Crippen molar-refractivity contribution in [1.29, 1.82) is 0 Å². The molecule has 1 aromatic heterocycles. The number of aryl methyl sites for hydroxylation is 2. The van der Waals surface area contributed by atoms with Gasteiger partial charge in [-0.25, -0.2) is 0 Å². The SMILES string of the molecule is Cc1nc(Oc2ccc(Cl)cc2)nc2c1CCC2. The van der Waals surface area contributed by atoms with Gasteiger partial charge in [-0.05, 0) is 56.0 Å². The van der Waals surface area contributed by atoms with Gasteiger partial charge in [0.05, 0.1) is 5.69 Å². The number of hydrogen-bond donors (Lipinski definition) is 0. The molecule has 0 atom stereocenters. The summed E-state index contributed by atoms with van der Waals surface area (Å²) in [7, 11) is 0. The van der Waals surface area contributed by atoms with Gasteiger partial charge in [0.25, 0.3) is 0 Å². The topological polar surface area (TPSA) is 35.0 Å². The summed E-state index contributed by atoms with van der Waals surface area (Å²) in [6, 6.07) is 7.63. The van der Waals surface area contributed by atoms with Gasteiger partial charge in [-0.3, -0.25) is 0 Å². The van der Waals surface area contributed by atoms with Gasteiger partial charge < -0.3 is 4.74 Å². The maximum atomic E-state index is 5.83. The minimum Gasteiger partial charge on any atom is -0.424 e. The second-order valence-electron chi connectivity index (χ2n) is 4.43. The molecule has 0 spiro atoms. The van der Waals surface area contributed by atoms with Crippen LogP contribution in [-0.2, 0) is 12.8 Å². The van der Waals surface area contributed by atoms with Crippen LogP contribution in [0.3, 0.4) is 0 Å². The Balaban J connectivity index is 1.89. The van der Waals surface area contributed by atoms with Crippen molar-refractivity contribution in [1.82, 2.24) is 9.97 Å². The third-order valence-electron chi connectivity index (χ3n) is 3.14. The molecular formula is C14H13ClN2O. The Kier molecular flexibility index (Phi) is 2.92. The zero-order valence-electron chi connectivity index (χ0n) is 10.1. The number of ether oxygens (including phenoxy) is 1. The third kappa shape index (κ3) is 2.18. The fourth-order valence-corrected chi connectivity index (χ4v) is 2.37. The fraction of sp³-hybridized carbons (Fsp3) is 0.286. The Bertz CT molecular complexity index is 581. The average Bonchev–Trinajstić information content (AvgIpc) is 2.81. The summed E-state index contributed by atoms with van der Waals surface area (Å²) in [5.41, 5.74) is 3.45. The van der Waals surface area contributed by atoms with Crippen molar-refractivity contribution in [3.63, 3.8) is 0 Å². The largest absolute Gasteiger partial charge is 0.424 e. The van der Waals surface area contributed by atoms with Crippen LogP contribution in [-0.4, -0.2) is 9.97 Å². The Morgan fingerprint density at radius 2 is 1.89 bits per heavy atom. The van der Waals surface area contributed by atoms with Gasteiger partial charge in [0.15, 0.2) is 0 Å². The molecule has 0 radical (unpaired) electrons. The van der Waals surface area contributed by atoms with Crippen LogP contribution in [0.2, 0.25) is 5.02 Å². The molecule has 0 saturated carbocycles. The molecular weight excluding hydrogens is 248 g/mol. The summed E-state index contributed by atoms with van der Waals surface area (Å²) < 4.78 is 5.66. The highest BCUT2D eigenvalue weighted by atomic mass is 35.5. The van der Waals surface area contributed by atoms with Gasteiger partial charge >= 0.3 is 6.01 Å². The predicted octanol–water partition coefficient (Wildman–Crippen LogP) is 3.72. The lowest BCUT2D eigenvalue weighted by Crippen LogP contribution is -2.00. The van der Waals surface area contributed by atoms with Gasteiger partial charge in [-0.2, -0.15) is 9.97 Å². The number of aromatic nitrogens is 2. The average molecular weight is 261 g/mol. The molecule has 0 saturated heterocycles. The minimum atomic E-state index is 0.426. The Morgan fingerprint density at radius 1 is 1.11 bits per heavy atom. The summed E-state index contributed by atoms with van der Waals surface area (Å²) in [5.74, 6) is 0.705. The zero-order chi connectivity index (χ0) is 12.5. The van der Waals surface area contributed by atoms with E-state index in [0.29, 0.717) is 16.8 Å². The van der Waals surface area contributed by atoms with E-state index in [1.165, 1.54) is 5.56 Å². The Morgan fingerprint density at radius 3 is 2.67 bits per heavy atom. The molecule has 18 heavy (non-hydrogen) atoms. The third-order valence-corrected chi connectivity index (χ3v) is 3.39. The molecule has 3 nitrogen and oxygen atoms in total. The molecule has 1 aromatic carbocycles. The number of nitrogens with zero attached hydrogens (tertiary/aromatic N) is 2. The van der Waals surface area contributed by atoms with E-state index < -0.39 is 0 Å². The Hall–Kier alpha value is -1.61. The van der Waals surface area contributed by atoms with E-state index in [9.17, 15) is 0 Å². The highest BCUT2D eigenvalue weighted by Gasteiger charge is 2.17. The maximum Gasteiger partial charge on any atom is 0.322 e. The van der Waals surface area contributed by atoms with Gasteiger partial charge in [0, 0.05) is 10.7 Å². The van der Waals surface area contributed by atoms with Gasteiger partial charge in [-0.15, -0.1) is 0 Å². The second-order valence-corrected chi connectivity index (χ2v) is 4.86. The van der Waals surface area contributed by atoms with Crippen LogP contribution in [0.15, 0.2) is 24.3 Å². The van der Waals surface area contributed by atoms with E-state index in [4.69, 9.17) is 16.3 Å². The molecule has 0 unspecified atom stereocenters. The molecule has 2 aromatic rings. The molecule has 1 heterocycles. The van der Waals surface area contributed by atoms with Crippen molar-refractivity contribution in [2.75, 3.05) is 0 Å². The Labute approximate surface area is 111 Å². The highest BCUT2D eigenvalue weighted by molar-refractivity contribution is 6.30. The molecule has 92 valence electrons. The second kappa shape index (κ2) is 4.58. The minimum absolute atomic E-state index is 0.426. The summed E-state index contributed by atoms with van der Waals surface area (Å²) >= 11 is 5.83. The van der Waals surface area contributed by atoms with Crippen LogP contribution in [0.4, 0.5) is 0 Å². The summed E-state index contributed by atoms with van der Waals surface area (Å²) in [4.78, 5) is 8.86. The van der Waals surface area contributed by atoms with E-state index in [1.807, 2.05) is 19.1 Å². The first kappa shape index (κ1) is 11.5. The van der Waals surface area contributed by atoms with E-state index in [-0.39, 0.29) is 0 Å². The zero-order valence-corrected chi connectivity index (χ0v) is 10.9. The van der Waals surface area contributed by atoms with E-state index in [1.54, 1.807) is 12.1 Å². The van der Waals surface area contributed by atoms with Crippen LogP contribution in [0.1, 0.15) is 23.4 Å². The molecule has 0 fully saturated rings. The molecule has 0 amide bonds. The number of fused-ring (bicyclic) bond motifs is 1. The van der Waals surface area contributed by atoms with Crippen molar-refractivity contribution in [3.05, 3.63) is 46.2 Å². The van der Waals surface area contributed by atoms with E-state index >= 15 is 0 Å². The van der Waals surface area contributed by atoms with Crippen molar-refractivity contribution in [2.24, 2.45) is 0 Å². The van der Waals surface area contributed by atoms with Gasteiger partial charge in [-0.1, -0.05) is 11.6 Å². The normalized spacial score (nSPS) is 13.4. The first-order valence-electron chi connectivity index (χ1n) is 6.02. The van der Waals surface area contributed by atoms with E-state index in [2.05, 4.69) is 9.97 Å². The quantitative estimate of drug-likeness (QED) is 0.825. The number of halogens is 1. The smallest absolute Gasteiger partial charge is 0.322 e. The first-order chi connectivity index (χ1) is 8.72. The van der Waals surface area contributed by atoms with Crippen molar-refractivity contribution < 1.29 is 4.74 Å². The van der Waals surface area contributed by atoms with Gasteiger partial charge in [0.2, 0.25) is 0 Å². The maximum absolute atomic E-state index is 5.83. The fourth-order valence-electron chi connectivity index (χ4n) is 2.25. The summed E-state index contributed by atoms with van der Waals surface area (Å²) in [5, 5.41) is 0.688. The number of rotatable bonds is 2. The number of benzene rings is 1. The van der Waals surface area contributed by atoms with Crippen LogP contribution < -0.4 is 4.74 Å². The van der Waals surface area contributed by atoms with Crippen molar-refractivity contribution in [3.8, 4) is 11.8 Å². The lowest BCUT2D eigenvalue weighted by atomic mass is 10.2. The summed E-state index contributed by atoms with van der Waals surface area (Å²) in [6.07, 6.45) is 3.27. The van der Waals surface area contributed by atoms with Gasteiger partial charge in [0.1, 0.15) is 5.75 Å². The molecule has 4 heteroatoms. The monoisotopic (exact) mass is 260 g/mol. The van der Waals surface area contributed by atoms with E-state index in [0.717, 1.165) is 30.7 Å². The molecule has 1 aliphatic carbocycles. The van der Waals surface area contributed by atoms with Crippen molar-refractivity contribution in [2.45, 2.75) is 26.2 Å². The first-order valence-corrected chi connectivity index (χ1v) is 6.40. The molecule has 3 rings (SSSR count). The van der Waals surface area contributed by atoms with Crippen LogP contribution in [0.5, 0.6) is 11.8 Å². The molecule has 1 aliphatic rings. The number of hydrogen-bond acceptors (Lipinski definition) is 3. The lowest BCUT2D eigenvalue weighted by molar-refractivity contribution is 0.438. The van der Waals surface area contributed by atoms with Crippen LogP contribution in [0.25, 0.3) is 0 Å². The van der Waals surface area contributed by atoms with Crippen LogP contribution in [0, 0.1) is 6.92 Å². The van der Waals surface area contributed by atoms with Crippen LogP contribution >= 0.6 is 11.6 Å². The highest BCUT2D eigenvalue weighted by Crippen LogP contribution is 2.26. The predicted molar refractivity (Wildman–Crippen MR) is 70.3 cm³/mol. The molecule has 0 N–H and O–H groups in total. The molecule has 0 aliphatic heterocycles. The lowest BCUT2D eigenvalue weighted by Gasteiger charge is -2.07. The standard InChI is InChI=1S/C14H13ClN2O/c1-9-12-3-2-4-13(12)17-14(16-9)18-11-7-5-10(15)6-8-11/h5-8H,2-4H2,1H3. The van der Waals surface area contributed by atoms with Crippen molar-refractivity contribution >= 4 is 11.6 Å². The molecule has 0 bridgehead atoms. The summed E-state index contributed by atoms with van der Waals surface area (Å²) in [6.45, 7) is 2.01.